The predicted octanol–water partition coefficient (Wildman–Crippen LogP) is 4.94. The Hall–Kier alpha value is -0.710. The lowest BCUT2D eigenvalue weighted by atomic mass is 9.88. The monoisotopic (exact) mass is 768 g/mol. The molecule has 0 bridgehead atoms. The number of carbonyl (C=O) groups excluding carboxylic acids is 2. The van der Waals surface area contributed by atoms with Crippen LogP contribution in [0.2, 0.25) is 0 Å². The van der Waals surface area contributed by atoms with E-state index in [1.54, 1.807) is 7.05 Å². The van der Waals surface area contributed by atoms with Gasteiger partial charge in [0.05, 0.1) is 27.6 Å². The van der Waals surface area contributed by atoms with E-state index < -0.39 is 17.8 Å². The van der Waals surface area contributed by atoms with Gasteiger partial charge in [0.15, 0.2) is 0 Å². The summed E-state index contributed by atoms with van der Waals surface area (Å²) < 4.78 is 1.39. The number of anilines is 2. The van der Waals surface area contributed by atoms with Crippen molar-refractivity contribution in [3.05, 3.63) is 16.3 Å². The molecule has 0 atom stereocenters. The normalized spacial score (nSPS) is 14.2. The van der Waals surface area contributed by atoms with Gasteiger partial charge in [-0.2, -0.15) is 0 Å². The predicted molar refractivity (Wildman–Crippen MR) is 142 cm³/mol. The van der Waals surface area contributed by atoms with E-state index in [9.17, 15) is 24.3 Å². The average molecular weight is 768 g/mol. The zero-order chi connectivity index (χ0) is 23.3. The number of aromatic carboxylic acids is 1. The summed E-state index contributed by atoms with van der Waals surface area (Å²) in [4.78, 5) is 49.7. The van der Waals surface area contributed by atoms with Crippen LogP contribution in [0.4, 0.5) is 11.4 Å². The molecule has 1 saturated carbocycles. The summed E-state index contributed by atoms with van der Waals surface area (Å²) in [5.41, 5.74) is 0.828. The van der Waals surface area contributed by atoms with Gasteiger partial charge in [-0.3, -0.25) is 14.4 Å². The van der Waals surface area contributed by atoms with Crippen molar-refractivity contribution in [3.8, 4) is 0 Å². The van der Waals surface area contributed by atoms with Crippen LogP contribution in [0.3, 0.4) is 0 Å². The molecule has 3 N–H and O–H groups in total. The third kappa shape index (κ3) is 6.65. The number of amides is 2. The molecular formula is C20H23I3N2O6. The van der Waals surface area contributed by atoms with E-state index in [0.29, 0.717) is 22.1 Å². The van der Waals surface area contributed by atoms with Gasteiger partial charge in [0.1, 0.15) is 0 Å². The minimum Gasteiger partial charge on any atom is -0.481 e. The summed E-state index contributed by atoms with van der Waals surface area (Å²) in [6.45, 7) is 0. The molecule has 0 heterocycles. The van der Waals surface area contributed by atoms with Crippen molar-refractivity contribution < 1.29 is 29.4 Å². The maximum atomic E-state index is 13.1. The lowest BCUT2D eigenvalue weighted by Gasteiger charge is -2.29. The van der Waals surface area contributed by atoms with E-state index in [4.69, 9.17) is 5.11 Å². The Labute approximate surface area is 221 Å². The summed E-state index contributed by atoms with van der Waals surface area (Å²) in [5.74, 6) is -2.67. The molecule has 0 unspecified atom stereocenters. The number of benzene rings is 1. The third-order valence-electron chi connectivity index (χ3n) is 5.19. The van der Waals surface area contributed by atoms with Gasteiger partial charge in [-0.05, 0) is 87.0 Å². The van der Waals surface area contributed by atoms with Gasteiger partial charge in [-0.1, -0.05) is 19.3 Å². The molecule has 1 fully saturated rings. The molecule has 2 amide bonds. The first-order valence-corrected chi connectivity index (χ1v) is 13.0. The van der Waals surface area contributed by atoms with Crippen molar-refractivity contribution in [2.45, 2.75) is 51.4 Å². The molecule has 2 rings (SSSR count). The van der Waals surface area contributed by atoms with Gasteiger partial charge in [-0.15, -0.1) is 0 Å². The van der Waals surface area contributed by atoms with E-state index in [2.05, 4.69) is 5.32 Å². The van der Waals surface area contributed by atoms with Crippen LogP contribution in [0, 0.1) is 16.6 Å². The van der Waals surface area contributed by atoms with Crippen LogP contribution in [0.5, 0.6) is 0 Å². The lowest BCUT2D eigenvalue weighted by Crippen LogP contribution is -2.35. The topological polar surface area (TPSA) is 124 Å². The fourth-order valence-electron chi connectivity index (χ4n) is 3.58. The number of aliphatic carboxylic acids is 1. The highest BCUT2D eigenvalue weighted by atomic mass is 127. The van der Waals surface area contributed by atoms with E-state index in [-0.39, 0.29) is 36.7 Å². The molecule has 1 aromatic carbocycles. The van der Waals surface area contributed by atoms with E-state index >= 15 is 0 Å². The number of hydrogen-bond donors (Lipinski definition) is 3. The van der Waals surface area contributed by atoms with Crippen molar-refractivity contribution >= 4 is 103 Å². The molecule has 0 saturated heterocycles. The van der Waals surface area contributed by atoms with Crippen molar-refractivity contribution in [2.75, 3.05) is 17.3 Å². The first-order chi connectivity index (χ1) is 14.6. The molecule has 170 valence electrons. The molecule has 1 aliphatic rings. The number of carbonyl (C=O) groups is 4. The van der Waals surface area contributed by atoms with Gasteiger partial charge in [0.2, 0.25) is 11.8 Å². The Morgan fingerprint density at radius 1 is 0.968 bits per heavy atom. The number of rotatable bonds is 8. The molecule has 1 aliphatic carbocycles. The van der Waals surface area contributed by atoms with Gasteiger partial charge in [0, 0.05) is 25.8 Å². The number of hydrogen-bond acceptors (Lipinski definition) is 4. The van der Waals surface area contributed by atoms with Gasteiger partial charge < -0.3 is 20.4 Å². The van der Waals surface area contributed by atoms with E-state index in [1.807, 2.05) is 67.8 Å². The minimum absolute atomic E-state index is 0.000964. The average Bonchev–Trinajstić information content (AvgIpc) is 2.70. The summed E-state index contributed by atoms with van der Waals surface area (Å²) in [7, 11) is 1.65. The van der Waals surface area contributed by atoms with Crippen molar-refractivity contribution in [1.29, 1.82) is 0 Å². The summed E-state index contributed by atoms with van der Waals surface area (Å²) in [6.07, 6.45) is 4.81. The maximum absolute atomic E-state index is 13.1. The second-order valence-electron chi connectivity index (χ2n) is 7.37. The SMILES string of the molecule is CN(C(=O)C1CCCCC1)c1c(I)c(NC(=O)CCCC(=O)O)c(I)c(C(=O)O)c1I. The van der Waals surface area contributed by atoms with Crippen molar-refractivity contribution in [3.63, 3.8) is 0 Å². The van der Waals surface area contributed by atoms with Crippen LogP contribution in [0.25, 0.3) is 0 Å². The number of carboxylic acids is 2. The fourth-order valence-corrected chi connectivity index (χ4v) is 8.20. The smallest absolute Gasteiger partial charge is 0.338 e. The minimum atomic E-state index is -1.15. The van der Waals surface area contributed by atoms with E-state index in [0.717, 1.165) is 32.1 Å². The standard InChI is InChI=1S/C20H23I3N2O6/c1-25(19(29)10-6-3-2-4-7-10)18-15(22)13(20(30)31)14(21)17(16(18)23)24-11(26)8-5-9-12(27)28/h10H,2-9H2,1H3,(H,24,26)(H,27,28)(H,30,31). The molecule has 0 aromatic heterocycles. The number of nitrogens with one attached hydrogen (secondary N) is 1. The number of carboxylic acid groups (broad SMARTS) is 2. The molecular weight excluding hydrogens is 745 g/mol. The second kappa shape index (κ2) is 12.0. The fraction of sp³-hybridized carbons (Fsp3) is 0.500. The van der Waals surface area contributed by atoms with Gasteiger partial charge in [-0.25, -0.2) is 4.79 Å². The van der Waals surface area contributed by atoms with E-state index in [1.165, 1.54) is 4.90 Å². The number of halogens is 3. The first kappa shape index (κ1) is 26.5. The zero-order valence-electron chi connectivity index (χ0n) is 16.8. The van der Waals surface area contributed by atoms with Crippen LogP contribution in [-0.4, -0.2) is 41.0 Å². The largest absolute Gasteiger partial charge is 0.481 e. The molecule has 0 radical (unpaired) electrons. The van der Waals surface area contributed by atoms with Crippen molar-refractivity contribution in [1.82, 2.24) is 0 Å². The highest BCUT2D eigenvalue weighted by Crippen LogP contribution is 2.41. The Morgan fingerprint density at radius 3 is 2.13 bits per heavy atom. The lowest BCUT2D eigenvalue weighted by molar-refractivity contribution is -0.137. The van der Waals surface area contributed by atoms with Crippen LogP contribution >= 0.6 is 67.8 Å². The molecule has 0 aliphatic heterocycles. The summed E-state index contributed by atoms with van der Waals surface area (Å²) >= 11 is 5.86. The number of nitrogens with zero attached hydrogens (tertiary/aromatic N) is 1. The van der Waals surface area contributed by atoms with Crippen LogP contribution in [0.15, 0.2) is 0 Å². The summed E-state index contributed by atoms with van der Waals surface area (Å²) in [5, 5.41) is 21.3. The van der Waals surface area contributed by atoms with Crippen LogP contribution in [-0.2, 0) is 14.4 Å². The molecule has 8 nitrogen and oxygen atoms in total. The Morgan fingerprint density at radius 2 is 1.58 bits per heavy atom. The Balaban J connectivity index is 2.43. The van der Waals surface area contributed by atoms with Crippen LogP contribution < -0.4 is 10.2 Å². The molecule has 11 heteroatoms. The van der Waals surface area contributed by atoms with Crippen molar-refractivity contribution in [2.24, 2.45) is 5.92 Å². The highest BCUT2D eigenvalue weighted by molar-refractivity contribution is 14.1. The molecule has 0 spiro atoms. The molecule has 31 heavy (non-hydrogen) atoms. The second-order valence-corrected chi connectivity index (χ2v) is 10.6. The first-order valence-electron chi connectivity index (χ1n) is 9.79. The third-order valence-corrected chi connectivity index (χ3v) is 8.37. The quantitative estimate of drug-likeness (QED) is 0.323. The van der Waals surface area contributed by atoms with Crippen LogP contribution in [0.1, 0.15) is 61.7 Å². The van der Waals surface area contributed by atoms with Gasteiger partial charge >= 0.3 is 11.9 Å². The zero-order valence-corrected chi connectivity index (χ0v) is 23.3. The highest BCUT2D eigenvalue weighted by Gasteiger charge is 2.31. The summed E-state index contributed by atoms with van der Waals surface area (Å²) in [6, 6.07) is 0. The molecule has 1 aromatic rings. The maximum Gasteiger partial charge on any atom is 0.338 e. The Bertz CT molecular complexity index is 900. The van der Waals surface area contributed by atoms with Gasteiger partial charge in [0.25, 0.3) is 0 Å². The Kier molecular flexibility index (Phi) is 10.2.